The molecule has 0 aromatic heterocycles. The summed E-state index contributed by atoms with van der Waals surface area (Å²) in [5.41, 5.74) is 1.26. The van der Waals surface area contributed by atoms with Crippen LogP contribution in [0.2, 0.25) is 0 Å². The van der Waals surface area contributed by atoms with Crippen molar-refractivity contribution in [2.75, 3.05) is 0 Å². The van der Waals surface area contributed by atoms with E-state index in [1.807, 2.05) is 6.07 Å². The molecule has 0 fully saturated rings. The third kappa shape index (κ3) is 2.21. The van der Waals surface area contributed by atoms with Gasteiger partial charge >= 0.3 is 5.97 Å². The topological polar surface area (TPSA) is 37.3 Å². The van der Waals surface area contributed by atoms with Crippen LogP contribution < -0.4 is 0 Å². The number of thioether (sulfide) groups is 1. The van der Waals surface area contributed by atoms with Gasteiger partial charge in [-0.1, -0.05) is 22.9 Å². The van der Waals surface area contributed by atoms with Crippen molar-refractivity contribution in [2.45, 2.75) is 23.5 Å². The molecule has 2 atom stereocenters. The van der Waals surface area contributed by atoms with Gasteiger partial charge in [-0.3, -0.25) is 4.79 Å². The first kappa shape index (κ1) is 11.0. The van der Waals surface area contributed by atoms with Gasteiger partial charge in [-0.25, -0.2) is 0 Å². The number of carboxylic acid groups (broad SMARTS) is 1. The minimum atomic E-state index is -0.709. The second kappa shape index (κ2) is 4.18. The van der Waals surface area contributed by atoms with Crippen LogP contribution in [-0.2, 0) is 11.2 Å². The predicted molar refractivity (Wildman–Crippen MR) is 64.3 cm³/mol. The summed E-state index contributed by atoms with van der Waals surface area (Å²) in [5.74, 6) is -0.999. The summed E-state index contributed by atoms with van der Waals surface area (Å²) >= 11 is 5.10. The highest BCUT2D eigenvalue weighted by molar-refractivity contribution is 9.10. The monoisotopic (exact) mass is 286 g/mol. The largest absolute Gasteiger partial charge is 0.481 e. The zero-order valence-corrected chi connectivity index (χ0v) is 10.6. The Labute approximate surface area is 101 Å². The Morgan fingerprint density at radius 2 is 2.40 bits per heavy atom. The maximum atomic E-state index is 10.9. The van der Waals surface area contributed by atoms with Crippen molar-refractivity contribution in [1.29, 1.82) is 0 Å². The molecule has 0 bridgehead atoms. The van der Waals surface area contributed by atoms with Crippen molar-refractivity contribution >= 4 is 33.7 Å². The molecule has 0 aliphatic carbocycles. The van der Waals surface area contributed by atoms with Crippen molar-refractivity contribution in [2.24, 2.45) is 5.92 Å². The highest BCUT2D eigenvalue weighted by atomic mass is 79.9. The van der Waals surface area contributed by atoms with Crippen LogP contribution >= 0.6 is 27.7 Å². The number of benzene rings is 1. The average Bonchev–Trinajstić information content (AvgIpc) is 2.58. The summed E-state index contributed by atoms with van der Waals surface area (Å²) < 4.78 is 1.06. The summed E-state index contributed by atoms with van der Waals surface area (Å²) in [5, 5.41) is 9.13. The average molecular weight is 287 g/mol. The molecule has 4 heteroatoms. The normalized spacial score (nSPS) is 21.1. The Hall–Kier alpha value is -0.480. The molecule has 1 aliphatic heterocycles. The number of hydrogen-bond donors (Lipinski definition) is 1. The van der Waals surface area contributed by atoms with E-state index in [1.54, 1.807) is 18.7 Å². The van der Waals surface area contributed by atoms with Crippen LogP contribution in [0.1, 0.15) is 12.5 Å². The SMILES string of the molecule is CC(C(=O)O)C1Cc2cc(Br)ccc2S1. The van der Waals surface area contributed by atoms with Gasteiger partial charge in [0, 0.05) is 14.6 Å². The fourth-order valence-electron chi connectivity index (χ4n) is 1.68. The fraction of sp³-hybridized carbons (Fsp3) is 0.364. The fourth-order valence-corrected chi connectivity index (χ4v) is 3.44. The first-order chi connectivity index (χ1) is 7.08. The third-order valence-electron chi connectivity index (χ3n) is 2.67. The van der Waals surface area contributed by atoms with Crippen molar-refractivity contribution in [1.82, 2.24) is 0 Å². The van der Waals surface area contributed by atoms with E-state index in [0.717, 1.165) is 10.9 Å². The van der Waals surface area contributed by atoms with E-state index >= 15 is 0 Å². The van der Waals surface area contributed by atoms with Crippen molar-refractivity contribution in [3.8, 4) is 0 Å². The summed E-state index contributed by atoms with van der Waals surface area (Å²) in [7, 11) is 0. The van der Waals surface area contributed by atoms with Gasteiger partial charge in [0.1, 0.15) is 0 Å². The minimum Gasteiger partial charge on any atom is -0.481 e. The number of rotatable bonds is 2. The molecule has 0 radical (unpaired) electrons. The highest BCUT2D eigenvalue weighted by Gasteiger charge is 2.30. The zero-order chi connectivity index (χ0) is 11.0. The summed E-state index contributed by atoms with van der Waals surface area (Å²) in [6, 6.07) is 6.13. The lowest BCUT2D eigenvalue weighted by Crippen LogP contribution is -2.22. The maximum absolute atomic E-state index is 10.9. The minimum absolute atomic E-state index is 0.173. The molecule has 15 heavy (non-hydrogen) atoms. The number of halogens is 1. The molecular weight excluding hydrogens is 276 g/mol. The second-order valence-electron chi connectivity index (χ2n) is 3.74. The third-order valence-corrected chi connectivity index (χ3v) is 4.69. The molecular formula is C11H11BrO2S. The van der Waals surface area contributed by atoms with E-state index in [0.29, 0.717) is 0 Å². The first-order valence-electron chi connectivity index (χ1n) is 4.76. The number of aliphatic carboxylic acids is 1. The number of fused-ring (bicyclic) bond motifs is 1. The molecule has 1 aromatic carbocycles. The number of carboxylic acids is 1. The molecule has 0 saturated carbocycles. The van der Waals surface area contributed by atoms with E-state index in [2.05, 4.69) is 28.1 Å². The first-order valence-corrected chi connectivity index (χ1v) is 6.43. The number of carbonyl (C=O) groups is 1. The molecule has 80 valence electrons. The summed E-state index contributed by atoms with van der Waals surface area (Å²) in [6.45, 7) is 1.78. The van der Waals surface area contributed by atoms with E-state index in [9.17, 15) is 4.79 Å². The van der Waals surface area contributed by atoms with Gasteiger partial charge in [0.15, 0.2) is 0 Å². The maximum Gasteiger partial charge on any atom is 0.307 e. The molecule has 0 amide bonds. The summed E-state index contributed by atoms with van der Waals surface area (Å²) in [6.07, 6.45) is 0.854. The van der Waals surface area contributed by atoms with E-state index in [-0.39, 0.29) is 11.2 Å². The van der Waals surface area contributed by atoms with Crippen LogP contribution in [0.5, 0.6) is 0 Å². The van der Waals surface area contributed by atoms with Gasteiger partial charge in [0.05, 0.1) is 5.92 Å². The van der Waals surface area contributed by atoms with Gasteiger partial charge in [-0.2, -0.15) is 0 Å². The van der Waals surface area contributed by atoms with Gasteiger partial charge < -0.3 is 5.11 Å². The Kier molecular flexibility index (Phi) is 3.07. The number of hydrogen-bond acceptors (Lipinski definition) is 2. The lowest BCUT2D eigenvalue weighted by molar-refractivity contribution is -0.141. The molecule has 2 rings (SSSR count). The van der Waals surface area contributed by atoms with Crippen LogP contribution in [0.15, 0.2) is 27.6 Å². The highest BCUT2D eigenvalue weighted by Crippen LogP contribution is 2.41. The van der Waals surface area contributed by atoms with Crippen molar-refractivity contribution < 1.29 is 9.90 Å². The van der Waals surface area contributed by atoms with E-state index in [4.69, 9.17) is 5.11 Å². The van der Waals surface area contributed by atoms with E-state index in [1.165, 1.54) is 10.5 Å². The zero-order valence-electron chi connectivity index (χ0n) is 8.24. The van der Waals surface area contributed by atoms with Crippen LogP contribution in [0.25, 0.3) is 0 Å². The molecule has 1 N–H and O–H groups in total. The summed E-state index contributed by atoms with van der Waals surface area (Å²) in [4.78, 5) is 12.1. The Balaban J connectivity index is 2.19. The van der Waals surface area contributed by atoms with Crippen LogP contribution in [0.3, 0.4) is 0 Å². The van der Waals surface area contributed by atoms with Gasteiger partial charge in [-0.15, -0.1) is 11.8 Å². The molecule has 0 saturated heterocycles. The molecule has 0 spiro atoms. The lowest BCUT2D eigenvalue weighted by Gasteiger charge is -2.12. The smallest absolute Gasteiger partial charge is 0.307 e. The van der Waals surface area contributed by atoms with Crippen molar-refractivity contribution in [3.63, 3.8) is 0 Å². The Bertz CT molecular complexity index is 406. The lowest BCUT2D eigenvalue weighted by atomic mass is 10.0. The standard InChI is InChI=1S/C11H11BrO2S/c1-6(11(13)14)10-5-7-4-8(12)2-3-9(7)15-10/h2-4,6,10H,5H2,1H3,(H,13,14). The van der Waals surface area contributed by atoms with Gasteiger partial charge in [-0.05, 0) is 30.2 Å². The molecule has 2 nitrogen and oxygen atoms in total. The molecule has 1 aromatic rings. The van der Waals surface area contributed by atoms with Crippen LogP contribution in [-0.4, -0.2) is 16.3 Å². The Morgan fingerprint density at radius 3 is 3.07 bits per heavy atom. The quantitative estimate of drug-likeness (QED) is 0.907. The van der Waals surface area contributed by atoms with Gasteiger partial charge in [0.2, 0.25) is 0 Å². The Morgan fingerprint density at radius 1 is 1.67 bits per heavy atom. The van der Waals surface area contributed by atoms with Crippen LogP contribution in [0.4, 0.5) is 0 Å². The van der Waals surface area contributed by atoms with Crippen LogP contribution in [0, 0.1) is 5.92 Å². The van der Waals surface area contributed by atoms with Crippen molar-refractivity contribution in [3.05, 3.63) is 28.2 Å². The van der Waals surface area contributed by atoms with E-state index < -0.39 is 5.97 Å². The molecule has 1 aliphatic rings. The molecule has 2 unspecified atom stereocenters. The second-order valence-corrected chi connectivity index (χ2v) is 5.94. The molecule has 1 heterocycles. The predicted octanol–water partition coefficient (Wildman–Crippen LogP) is 3.19. The van der Waals surface area contributed by atoms with Gasteiger partial charge in [0.25, 0.3) is 0 Å².